The predicted octanol–water partition coefficient (Wildman–Crippen LogP) is 4.47. The summed E-state index contributed by atoms with van der Waals surface area (Å²) in [6, 6.07) is 20.3. The number of aliphatic hydroxyl groups excluding tert-OH is 1. The topological polar surface area (TPSA) is 89.4 Å². The van der Waals surface area contributed by atoms with E-state index in [1.807, 2.05) is 25.1 Å². The fourth-order valence-corrected chi connectivity index (χ4v) is 4.49. The first-order valence-corrected chi connectivity index (χ1v) is 10.8. The molecular weight excluding hydrogens is 402 g/mol. The van der Waals surface area contributed by atoms with E-state index in [1.165, 1.54) is 5.56 Å². The molecule has 2 heterocycles. The molecule has 0 saturated carbocycles. The lowest BCUT2D eigenvalue weighted by molar-refractivity contribution is 0.0699. The smallest absolute Gasteiger partial charge is 0.337 e. The highest BCUT2D eigenvalue weighted by Crippen LogP contribution is 2.29. The van der Waals surface area contributed by atoms with Gasteiger partial charge < -0.3 is 15.2 Å². The third-order valence-corrected chi connectivity index (χ3v) is 6.07. The average Bonchev–Trinajstić information content (AvgIpc) is 3.37. The van der Waals surface area contributed by atoms with Gasteiger partial charge in [0, 0.05) is 19.6 Å². The van der Waals surface area contributed by atoms with Crippen LogP contribution in [0.3, 0.4) is 0 Å². The van der Waals surface area contributed by atoms with Crippen LogP contribution in [-0.2, 0) is 6.54 Å². The van der Waals surface area contributed by atoms with Crippen molar-refractivity contribution < 1.29 is 15.0 Å². The van der Waals surface area contributed by atoms with Crippen LogP contribution >= 0.6 is 0 Å². The van der Waals surface area contributed by atoms with Gasteiger partial charge in [-0.2, -0.15) is 0 Å². The molecule has 32 heavy (non-hydrogen) atoms. The number of nitrogens with one attached hydrogen (secondary N) is 1. The number of aromatic carboxylic acids is 1. The van der Waals surface area contributed by atoms with Crippen LogP contribution in [0.1, 0.15) is 28.2 Å². The van der Waals surface area contributed by atoms with Crippen molar-refractivity contribution in [2.24, 2.45) is 0 Å². The van der Waals surface area contributed by atoms with Crippen molar-refractivity contribution in [3.8, 4) is 22.3 Å². The van der Waals surface area contributed by atoms with Gasteiger partial charge in [0.15, 0.2) is 0 Å². The lowest BCUT2D eigenvalue weighted by Crippen LogP contribution is -2.21. The van der Waals surface area contributed by atoms with Gasteiger partial charge in [0.2, 0.25) is 0 Å². The Bertz CT molecular complexity index is 1290. The lowest BCUT2D eigenvalue weighted by Gasteiger charge is -2.15. The summed E-state index contributed by atoms with van der Waals surface area (Å²) < 4.78 is 0. The fourth-order valence-electron chi connectivity index (χ4n) is 4.49. The van der Waals surface area contributed by atoms with Crippen LogP contribution in [0.5, 0.6) is 0 Å². The van der Waals surface area contributed by atoms with Crippen molar-refractivity contribution in [1.29, 1.82) is 0 Å². The molecule has 1 aromatic heterocycles. The molecule has 0 radical (unpaired) electrons. The number of aromatic amines is 1. The second kappa shape index (κ2) is 8.22. The normalized spacial score (nSPS) is 16.6. The Morgan fingerprint density at radius 1 is 1.06 bits per heavy atom. The van der Waals surface area contributed by atoms with Gasteiger partial charge in [-0.15, -0.1) is 0 Å². The van der Waals surface area contributed by atoms with Crippen LogP contribution in [0.4, 0.5) is 0 Å². The number of carboxylic acid groups (broad SMARTS) is 1. The number of aliphatic hydroxyl groups is 1. The van der Waals surface area contributed by atoms with Crippen molar-refractivity contribution in [2.45, 2.75) is 26.0 Å². The Morgan fingerprint density at radius 3 is 2.50 bits per heavy atom. The van der Waals surface area contributed by atoms with Crippen LogP contribution in [0.15, 0.2) is 60.7 Å². The Kier molecular flexibility index (Phi) is 5.25. The molecule has 162 valence electrons. The number of likely N-dealkylation sites (tertiary alicyclic amines) is 1. The third-order valence-electron chi connectivity index (χ3n) is 6.07. The molecule has 0 aliphatic carbocycles. The van der Waals surface area contributed by atoms with Crippen LogP contribution < -0.4 is 0 Å². The van der Waals surface area contributed by atoms with Gasteiger partial charge in [-0.05, 0) is 59.4 Å². The number of carboxylic acids is 1. The quantitative estimate of drug-likeness (QED) is 0.437. The zero-order valence-corrected chi connectivity index (χ0v) is 17.9. The molecule has 0 bridgehead atoms. The third kappa shape index (κ3) is 4.02. The molecule has 0 spiro atoms. The maximum atomic E-state index is 11.7. The number of imidazole rings is 1. The summed E-state index contributed by atoms with van der Waals surface area (Å²) in [6.07, 6.45) is 0.631. The number of benzene rings is 3. The summed E-state index contributed by atoms with van der Waals surface area (Å²) >= 11 is 0. The summed E-state index contributed by atoms with van der Waals surface area (Å²) in [5.41, 5.74) is 6.67. The number of hydrogen-bond donors (Lipinski definition) is 3. The second-order valence-corrected chi connectivity index (χ2v) is 8.50. The van der Waals surface area contributed by atoms with E-state index in [-0.39, 0.29) is 11.7 Å². The van der Waals surface area contributed by atoms with E-state index in [1.54, 1.807) is 6.07 Å². The zero-order chi connectivity index (χ0) is 22.2. The van der Waals surface area contributed by atoms with Crippen molar-refractivity contribution in [3.05, 3.63) is 77.6 Å². The standard InChI is InChI=1S/C26H25N3O3/c1-16-27-24-13-21(12-23(26(31)32)25(24)28-16)19-7-5-18(6-8-19)20-4-2-3-17(11-20)14-29-10-9-22(30)15-29/h2-8,11-13,22,30H,9-10,14-15H2,1H3,(H,27,28)(H,31,32). The van der Waals surface area contributed by atoms with Crippen LogP contribution in [-0.4, -0.2) is 50.2 Å². The highest BCUT2D eigenvalue weighted by molar-refractivity contribution is 6.03. The lowest BCUT2D eigenvalue weighted by atomic mass is 9.97. The second-order valence-electron chi connectivity index (χ2n) is 8.50. The molecule has 1 atom stereocenters. The fraction of sp³-hybridized carbons (Fsp3) is 0.231. The number of H-pyrrole nitrogens is 1. The Balaban J connectivity index is 1.42. The van der Waals surface area contributed by atoms with Crippen molar-refractivity contribution >= 4 is 17.0 Å². The maximum absolute atomic E-state index is 11.7. The molecule has 1 aliphatic rings. The first-order valence-electron chi connectivity index (χ1n) is 10.8. The summed E-state index contributed by atoms with van der Waals surface area (Å²) in [5.74, 6) is -0.291. The van der Waals surface area contributed by atoms with Crippen molar-refractivity contribution in [2.75, 3.05) is 13.1 Å². The zero-order valence-electron chi connectivity index (χ0n) is 17.9. The molecule has 1 saturated heterocycles. The molecule has 6 nitrogen and oxygen atoms in total. The average molecular weight is 428 g/mol. The number of carbonyl (C=O) groups is 1. The number of rotatable bonds is 5. The van der Waals surface area contributed by atoms with Gasteiger partial charge in [0.05, 0.1) is 17.2 Å². The molecule has 1 unspecified atom stereocenters. The number of nitrogens with zero attached hydrogens (tertiary/aromatic N) is 2. The van der Waals surface area contributed by atoms with Crippen LogP contribution in [0.25, 0.3) is 33.3 Å². The van der Waals surface area contributed by atoms with E-state index in [9.17, 15) is 15.0 Å². The minimum absolute atomic E-state index is 0.200. The molecule has 3 N–H and O–H groups in total. The minimum Gasteiger partial charge on any atom is -0.478 e. The van der Waals surface area contributed by atoms with E-state index in [4.69, 9.17) is 0 Å². The molecule has 3 aromatic carbocycles. The van der Waals surface area contributed by atoms with Crippen molar-refractivity contribution in [3.63, 3.8) is 0 Å². The van der Waals surface area contributed by atoms with Crippen molar-refractivity contribution in [1.82, 2.24) is 14.9 Å². The first kappa shape index (κ1) is 20.4. The Morgan fingerprint density at radius 2 is 1.81 bits per heavy atom. The summed E-state index contributed by atoms with van der Waals surface area (Å²) in [6.45, 7) is 4.32. The Labute approximate surface area is 186 Å². The number of fused-ring (bicyclic) bond motifs is 1. The van der Waals surface area contributed by atoms with E-state index < -0.39 is 5.97 Å². The number of aryl methyl sites for hydroxylation is 1. The molecule has 6 heteroatoms. The van der Waals surface area contributed by atoms with Crippen LogP contribution in [0.2, 0.25) is 0 Å². The van der Waals surface area contributed by atoms with Gasteiger partial charge in [-0.25, -0.2) is 9.78 Å². The van der Waals surface area contributed by atoms with E-state index in [0.29, 0.717) is 11.3 Å². The highest BCUT2D eigenvalue weighted by atomic mass is 16.4. The number of hydrogen-bond acceptors (Lipinski definition) is 4. The summed E-state index contributed by atoms with van der Waals surface area (Å²) in [4.78, 5) is 21.5. The van der Waals surface area contributed by atoms with E-state index >= 15 is 0 Å². The highest BCUT2D eigenvalue weighted by Gasteiger charge is 2.20. The predicted molar refractivity (Wildman–Crippen MR) is 125 cm³/mol. The van der Waals surface area contributed by atoms with E-state index in [0.717, 1.165) is 53.8 Å². The summed E-state index contributed by atoms with van der Waals surface area (Å²) in [7, 11) is 0. The monoisotopic (exact) mass is 427 g/mol. The minimum atomic E-state index is -0.984. The van der Waals surface area contributed by atoms with Gasteiger partial charge in [-0.3, -0.25) is 4.90 Å². The van der Waals surface area contributed by atoms with Gasteiger partial charge in [0.1, 0.15) is 11.3 Å². The number of β-amino-alcohol motifs (C(OH)–C–C–N with tert-alkyl or cyclic N) is 1. The first-order chi connectivity index (χ1) is 15.5. The van der Waals surface area contributed by atoms with Gasteiger partial charge >= 0.3 is 5.97 Å². The molecule has 4 aromatic rings. The molecule has 1 aliphatic heterocycles. The van der Waals surface area contributed by atoms with Crippen LogP contribution in [0, 0.1) is 6.92 Å². The van der Waals surface area contributed by atoms with Gasteiger partial charge in [0.25, 0.3) is 0 Å². The Hall–Kier alpha value is -3.48. The maximum Gasteiger partial charge on any atom is 0.337 e. The molecule has 1 fully saturated rings. The molecular formula is C26H25N3O3. The number of aromatic nitrogens is 2. The largest absolute Gasteiger partial charge is 0.478 e. The molecule has 5 rings (SSSR count). The van der Waals surface area contributed by atoms with Gasteiger partial charge in [-0.1, -0.05) is 42.5 Å². The summed E-state index contributed by atoms with van der Waals surface area (Å²) in [5, 5.41) is 19.4. The van der Waals surface area contributed by atoms with E-state index in [2.05, 4.69) is 51.3 Å². The molecule has 0 amide bonds. The SMILES string of the molecule is Cc1nc2c(C(=O)O)cc(-c3ccc(-c4cccc(CN5CCC(O)C5)c4)cc3)cc2[nH]1.